The van der Waals surface area contributed by atoms with Crippen LogP contribution in [0.2, 0.25) is 5.02 Å². The molecule has 1 heterocycles. The number of rotatable bonds is 4. The number of anilines is 2. The summed E-state index contributed by atoms with van der Waals surface area (Å²) in [5.74, 6) is 0.415. The summed E-state index contributed by atoms with van der Waals surface area (Å²) in [6, 6.07) is 12.5. The SMILES string of the molecule is COc1ccc(N2CCOCC2)cc1NC(=O)c1ccc(Cl)cc1. The highest BCUT2D eigenvalue weighted by Gasteiger charge is 2.15. The maximum absolute atomic E-state index is 12.4. The highest BCUT2D eigenvalue weighted by atomic mass is 35.5. The summed E-state index contributed by atoms with van der Waals surface area (Å²) in [4.78, 5) is 14.7. The molecule has 1 N–H and O–H groups in total. The minimum atomic E-state index is -0.205. The Morgan fingerprint density at radius 3 is 2.54 bits per heavy atom. The molecule has 2 aromatic carbocycles. The van der Waals surface area contributed by atoms with E-state index in [2.05, 4.69) is 10.2 Å². The first-order valence-corrected chi connectivity index (χ1v) is 8.13. The number of nitrogens with zero attached hydrogens (tertiary/aromatic N) is 1. The third-order valence-electron chi connectivity index (χ3n) is 3.91. The molecule has 0 aromatic heterocycles. The number of benzene rings is 2. The molecule has 5 nitrogen and oxygen atoms in total. The second-order valence-corrected chi connectivity index (χ2v) is 5.88. The number of hydrogen-bond donors (Lipinski definition) is 1. The van der Waals surface area contributed by atoms with E-state index in [-0.39, 0.29) is 5.91 Å². The number of ether oxygens (including phenoxy) is 2. The molecule has 0 aliphatic carbocycles. The van der Waals surface area contributed by atoms with Gasteiger partial charge in [0.1, 0.15) is 5.75 Å². The molecule has 1 fully saturated rings. The number of morpholine rings is 1. The largest absolute Gasteiger partial charge is 0.495 e. The Labute approximate surface area is 146 Å². The van der Waals surface area contributed by atoms with Crippen LogP contribution in [0, 0.1) is 0 Å². The van der Waals surface area contributed by atoms with E-state index in [1.165, 1.54) is 0 Å². The molecule has 24 heavy (non-hydrogen) atoms. The van der Waals surface area contributed by atoms with Gasteiger partial charge in [0.15, 0.2) is 0 Å². The molecule has 0 unspecified atom stereocenters. The van der Waals surface area contributed by atoms with E-state index in [0.29, 0.717) is 35.2 Å². The lowest BCUT2D eigenvalue weighted by atomic mass is 10.2. The van der Waals surface area contributed by atoms with Crippen molar-refractivity contribution in [3.63, 3.8) is 0 Å². The van der Waals surface area contributed by atoms with Gasteiger partial charge in [0.25, 0.3) is 5.91 Å². The third-order valence-corrected chi connectivity index (χ3v) is 4.17. The second kappa shape index (κ2) is 7.55. The molecule has 1 amide bonds. The van der Waals surface area contributed by atoms with Crippen molar-refractivity contribution in [3.8, 4) is 5.75 Å². The summed E-state index contributed by atoms with van der Waals surface area (Å²) < 4.78 is 10.7. The smallest absolute Gasteiger partial charge is 0.255 e. The van der Waals surface area contributed by atoms with E-state index < -0.39 is 0 Å². The molecule has 1 aliphatic rings. The number of nitrogens with one attached hydrogen (secondary N) is 1. The van der Waals surface area contributed by atoms with Gasteiger partial charge in [0.2, 0.25) is 0 Å². The van der Waals surface area contributed by atoms with Crippen LogP contribution in [0.3, 0.4) is 0 Å². The van der Waals surface area contributed by atoms with Gasteiger partial charge in [0, 0.05) is 29.4 Å². The maximum Gasteiger partial charge on any atom is 0.255 e. The Morgan fingerprint density at radius 2 is 1.88 bits per heavy atom. The van der Waals surface area contributed by atoms with E-state index >= 15 is 0 Å². The van der Waals surface area contributed by atoms with Crippen LogP contribution in [0.5, 0.6) is 5.75 Å². The molecule has 2 aromatic rings. The minimum Gasteiger partial charge on any atom is -0.495 e. The Morgan fingerprint density at radius 1 is 1.17 bits per heavy atom. The van der Waals surface area contributed by atoms with Crippen LogP contribution in [0.15, 0.2) is 42.5 Å². The van der Waals surface area contributed by atoms with E-state index in [9.17, 15) is 4.79 Å². The first-order valence-electron chi connectivity index (χ1n) is 7.75. The van der Waals surface area contributed by atoms with Gasteiger partial charge in [-0.25, -0.2) is 0 Å². The van der Waals surface area contributed by atoms with Crippen LogP contribution in [-0.2, 0) is 4.74 Å². The Bertz CT molecular complexity index is 713. The van der Waals surface area contributed by atoms with Gasteiger partial charge < -0.3 is 19.7 Å². The quantitative estimate of drug-likeness (QED) is 0.921. The fourth-order valence-electron chi connectivity index (χ4n) is 2.61. The molecule has 0 spiro atoms. The zero-order valence-electron chi connectivity index (χ0n) is 13.4. The summed E-state index contributed by atoms with van der Waals surface area (Å²) in [5.41, 5.74) is 2.21. The molecular weight excluding hydrogens is 328 g/mol. The van der Waals surface area contributed by atoms with Crippen molar-refractivity contribution in [2.45, 2.75) is 0 Å². The van der Waals surface area contributed by atoms with E-state index in [0.717, 1.165) is 18.8 Å². The van der Waals surface area contributed by atoms with E-state index in [1.807, 2.05) is 18.2 Å². The van der Waals surface area contributed by atoms with Crippen molar-refractivity contribution in [2.75, 3.05) is 43.6 Å². The topological polar surface area (TPSA) is 50.8 Å². The van der Waals surface area contributed by atoms with Crippen LogP contribution < -0.4 is 15.0 Å². The van der Waals surface area contributed by atoms with Crippen LogP contribution in [0.1, 0.15) is 10.4 Å². The van der Waals surface area contributed by atoms with Crippen molar-refractivity contribution in [1.82, 2.24) is 0 Å². The summed E-state index contributed by atoms with van der Waals surface area (Å²) in [6.45, 7) is 3.07. The lowest BCUT2D eigenvalue weighted by Gasteiger charge is -2.29. The van der Waals surface area contributed by atoms with Crippen molar-refractivity contribution in [3.05, 3.63) is 53.1 Å². The van der Waals surface area contributed by atoms with Gasteiger partial charge in [-0.3, -0.25) is 4.79 Å². The lowest BCUT2D eigenvalue weighted by molar-refractivity contribution is 0.102. The van der Waals surface area contributed by atoms with Crippen LogP contribution in [-0.4, -0.2) is 39.3 Å². The summed E-state index contributed by atoms with van der Waals surface area (Å²) in [7, 11) is 1.59. The fourth-order valence-corrected chi connectivity index (χ4v) is 2.73. The predicted molar refractivity (Wildman–Crippen MR) is 95.4 cm³/mol. The van der Waals surface area contributed by atoms with Crippen LogP contribution in [0.4, 0.5) is 11.4 Å². The summed E-state index contributed by atoms with van der Waals surface area (Å²) >= 11 is 5.86. The number of halogens is 1. The molecule has 0 atom stereocenters. The molecule has 126 valence electrons. The second-order valence-electron chi connectivity index (χ2n) is 5.45. The lowest BCUT2D eigenvalue weighted by Crippen LogP contribution is -2.36. The zero-order chi connectivity index (χ0) is 16.9. The number of amides is 1. The third kappa shape index (κ3) is 3.80. The minimum absolute atomic E-state index is 0.205. The van der Waals surface area contributed by atoms with Gasteiger partial charge in [-0.15, -0.1) is 0 Å². The maximum atomic E-state index is 12.4. The van der Waals surface area contributed by atoms with Gasteiger partial charge in [-0.1, -0.05) is 11.6 Å². The first kappa shape index (κ1) is 16.6. The van der Waals surface area contributed by atoms with Gasteiger partial charge in [-0.2, -0.15) is 0 Å². The van der Waals surface area contributed by atoms with Gasteiger partial charge in [-0.05, 0) is 42.5 Å². The highest BCUT2D eigenvalue weighted by molar-refractivity contribution is 6.30. The molecule has 0 saturated carbocycles. The Kier molecular flexibility index (Phi) is 5.23. The monoisotopic (exact) mass is 346 g/mol. The number of carbonyl (C=O) groups is 1. The number of methoxy groups -OCH3 is 1. The van der Waals surface area contributed by atoms with Crippen LogP contribution >= 0.6 is 11.6 Å². The van der Waals surface area contributed by atoms with E-state index in [4.69, 9.17) is 21.1 Å². The molecule has 1 aliphatic heterocycles. The fraction of sp³-hybridized carbons (Fsp3) is 0.278. The standard InChI is InChI=1S/C18H19ClN2O3/c1-23-17-7-6-15(21-8-10-24-11-9-21)12-16(17)20-18(22)13-2-4-14(19)5-3-13/h2-7,12H,8-11H2,1H3,(H,20,22). The van der Waals surface area contributed by atoms with Crippen molar-refractivity contribution in [2.24, 2.45) is 0 Å². The molecule has 3 rings (SSSR count). The summed E-state index contributed by atoms with van der Waals surface area (Å²) in [6.07, 6.45) is 0. The molecule has 0 radical (unpaired) electrons. The Balaban J connectivity index is 1.82. The normalized spacial score (nSPS) is 14.3. The van der Waals surface area contributed by atoms with Crippen LogP contribution in [0.25, 0.3) is 0 Å². The van der Waals surface area contributed by atoms with Gasteiger partial charge >= 0.3 is 0 Å². The average Bonchev–Trinajstić information content (AvgIpc) is 2.63. The predicted octanol–water partition coefficient (Wildman–Crippen LogP) is 3.44. The van der Waals surface area contributed by atoms with Crippen molar-refractivity contribution >= 4 is 28.9 Å². The zero-order valence-corrected chi connectivity index (χ0v) is 14.2. The average molecular weight is 347 g/mol. The van der Waals surface area contributed by atoms with E-state index in [1.54, 1.807) is 31.4 Å². The first-order chi connectivity index (χ1) is 11.7. The molecule has 0 bridgehead atoms. The Hall–Kier alpha value is -2.24. The summed E-state index contributed by atoms with van der Waals surface area (Å²) in [5, 5.41) is 3.51. The molecule has 1 saturated heterocycles. The molecule has 6 heteroatoms. The molecular formula is C18H19ClN2O3. The van der Waals surface area contributed by atoms with Gasteiger partial charge in [0.05, 0.1) is 26.0 Å². The number of carbonyl (C=O) groups excluding carboxylic acids is 1. The highest BCUT2D eigenvalue weighted by Crippen LogP contribution is 2.30. The van der Waals surface area contributed by atoms with Crippen molar-refractivity contribution < 1.29 is 14.3 Å². The van der Waals surface area contributed by atoms with Crippen molar-refractivity contribution in [1.29, 1.82) is 0 Å². The number of hydrogen-bond acceptors (Lipinski definition) is 4.